The van der Waals surface area contributed by atoms with Crippen LogP contribution in [0.25, 0.3) is 22.3 Å². The van der Waals surface area contributed by atoms with Crippen molar-refractivity contribution in [2.24, 2.45) is 0 Å². The fourth-order valence-corrected chi connectivity index (χ4v) is 3.72. The van der Waals surface area contributed by atoms with E-state index in [0.29, 0.717) is 33.8 Å². The molecular weight excluding hydrogens is 420 g/mol. The van der Waals surface area contributed by atoms with Crippen LogP contribution in [0.15, 0.2) is 84.9 Å². The normalized spacial score (nSPS) is 10.6. The van der Waals surface area contributed by atoms with Gasteiger partial charge < -0.3 is 4.74 Å². The maximum atomic E-state index is 11.7. The Morgan fingerprint density at radius 2 is 0.970 bits per heavy atom. The lowest BCUT2D eigenvalue weighted by molar-refractivity contribution is -0.384. The largest absolute Gasteiger partial charge is 0.456 e. The first-order valence-corrected chi connectivity index (χ1v) is 10.2. The van der Waals surface area contributed by atoms with Crippen LogP contribution >= 0.6 is 0 Å². The molecule has 0 aromatic heterocycles. The highest BCUT2D eigenvalue weighted by Gasteiger charge is 2.21. The molecule has 4 aromatic rings. The Morgan fingerprint density at radius 3 is 1.36 bits per heavy atom. The van der Waals surface area contributed by atoms with E-state index in [0.717, 1.165) is 11.1 Å². The van der Waals surface area contributed by atoms with Gasteiger partial charge in [0.2, 0.25) is 0 Å². The molecule has 0 N–H and O–H groups in total. The van der Waals surface area contributed by atoms with Crippen LogP contribution < -0.4 is 4.74 Å². The molecular formula is C26H20N2O5. The van der Waals surface area contributed by atoms with Gasteiger partial charge in [-0.1, -0.05) is 48.5 Å². The lowest BCUT2D eigenvalue weighted by atomic mass is 10.00. The van der Waals surface area contributed by atoms with E-state index >= 15 is 0 Å². The van der Waals surface area contributed by atoms with Crippen LogP contribution in [0, 0.1) is 34.1 Å². The van der Waals surface area contributed by atoms with E-state index in [2.05, 4.69) is 0 Å². The van der Waals surface area contributed by atoms with Crippen LogP contribution in [0.1, 0.15) is 11.1 Å². The summed E-state index contributed by atoms with van der Waals surface area (Å²) in [5.74, 6) is 0.818. The van der Waals surface area contributed by atoms with Gasteiger partial charge in [0.25, 0.3) is 11.4 Å². The summed E-state index contributed by atoms with van der Waals surface area (Å²) in [6, 6.07) is 24.1. The highest BCUT2D eigenvalue weighted by molar-refractivity contribution is 5.81. The molecule has 0 heterocycles. The molecule has 0 aliphatic heterocycles. The maximum Gasteiger partial charge on any atom is 0.277 e. The first kappa shape index (κ1) is 21.7. The van der Waals surface area contributed by atoms with E-state index < -0.39 is 9.85 Å². The van der Waals surface area contributed by atoms with Crippen molar-refractivity contribution >= 4 is 11.4 Å². The molecule has 7 nitrogen and oxygen atoms in total. The van der Waals surface area contributed by atoms with Gasteiger partial charge in [0.05, 0.1) is 21.0 Å². The number of hydrogen-bond acceptors (Lipinski definition) is 5. The van der Waals surface area contributed by atoms with Crippen LogP contribution in [0.5, 0.6) is 11.5 Å². The Balaban J connectivity index is 1.84. The molecule has 0 unspecified atom stereocenters. The summed E-state index contributed by atoms with van der Waals surface area (Å²) in [6.45, 7) is 3.59. The maximum absolute atomic E-state index is 11.7. The van der Waals surface area contributed by atoms with Gasteiger partial charge in [0, 0.05) is 23.3 Å². The van der Waals surface area contributed by atoms with Crippen molar-refractivity contribution in [1.82, 2.24) is 0 Å². The standard InChI is InChI=1S/C26H20N2O5/c1-17-11-13-19(23(15-17)27(29)30)21-7-3-5-9-25(21)33-26-10-6-4-8-22(26)20-14-12-18(2)16-24(20)28(31)32/h3-16H,1-2H3. The van der Waals surface area contributed by atoms with Gasteiger partial charge in [-0.2, -0.15) is 0 Å². The number of nitro benzene ring substituents is 2. The second-order valence-corrected chi connectivity index (χ2v) is 7.65. The van der Waals surface area contributed by atoms with E-state index in [1.54, 1.807) is 74.5 Å². The van der Waals surface area contributed by atoms with Crippen LogP contribution in [0.3, 0.4) is 0 Å². The van der Waals surface area contributed by atoms with Gasteiger partial charge in [0.15, 0.2) is 0 Å². The topological polar surface area (TPSA) is 95.5 Å². The van der Waals surface area contributed by atoms with E-state index in [4.69, 9.17) is 4.74 Å². The molecule has 0 bridgehead atoms. The fraction of sp³-hybridized carbons (Fsp3) is 0.0769. The number of para-hydroxylation sites is 2. The molecule has 4 aromatic carbocycles. The van der Waals surface area contributed by atoms with Gasteiger partial charge in [-0.25, -0.2) is 0 Å². The van der Waals surface area contributed by atoms with Gasteiger partial charge in [-0.3, -0.25) is 20.2 Å². The summed E-state index contributed by atoms with van der Waals surface area (Å²) < 4.78 is 6.23. The van der Waals surface area contributed by atoms with Crippen LogP contribution in [0.4, 0.5) is 11.4 Å². The number of rotatable bonds is 6. The Morgan fingerprint density at radius 1 is 0.576 bits per heavy atom. The summed E-state index contributed by atoms with van der Waals surface area (Å²) in [5.41, 5.74) is 3.48. The number of ether oxygens (including phenoxy) is 1. The predicted molar refractivity (Wildman–Crippen MR) is 127 cm³/mol. The monoisotopic (exact) mass is 440 g/mol. The lowest BCUT2D eigenvalue weighted by Crippen LogP contribution is -1.97. The van der Waals surface area contributed by atoms with Crippen LogP contribution in [-0.4, -0.2) is 9.85 Å². The zero-order chi connectivity index (χ0) is 23.5. The van der Waals surface area contributed by atoms with Crippen LogP contribution in [0.2, 0.25) is 0 Å². The number of nitrogens with zero attached hydrogens (tertiary/aromatic N) is 2. The minimum atomic E-state index is -0.414. The molecule has 0 aliphatic rings. The minimum absolute atomic E-state index is 0.0199. The molecule has 164 valence electrons. The molecule has 0 amide bonds. The van der Waals surface area contributed by atoms with E-state index in [1.165, 1.54) is 12.1 Å². The van der Waals surface area contributed by atoms with E-state index in [9.17, 15) is 20.2 Å². The second kappa shape index (κ2) is 8.92. The Labute approximate surface area is 190 Å². The van der Waals surface area contributed by atoms with Gasteiger partial charge in [-0.15, -0.1) is 0 Å². The quantitative estimate of drug-likeness (QED) is 0.232. The number of benzene rings is 4. The third kappa shape index (κ3) is 4.43. The predicted octanol–water partition coefficient (Wildman–Crippen LogP) is 7.25. The summed E-state index contributed by atoms with van der Waals surface area (Å²) in [6.07, 6.45) is 0. The zero-order valence-corrected chi connectivity index (χ0v) is 18.0. The minimum Gasteiger partial charge on any atom is -0.456 e. The summed E-state index contributed by atoms with van der Waals surface area (Å²) in [4.78, 5) is 22.5. The molecule has 33 heavy (non-hydrogen) atoms. The molecule has 0 fully saturated rings. The van der Waals surface area contributed by atoms with Gasteiger partial charge in [-0.05, 0) is 49.2 Å². The fourth-order valence-electron chi connectivity index (χ4n) is 3.72. The molecule has 4 rings (SSSR count). The Kier molecular flexibility index (Phi) is 5.87. The van der Waals surface area contributed by atoms with Crippen molar-refractivity contribution in [3.63, 3.8) is 0 Å². The molecule has 0 aliphatic carbocycles. The smallest absolute Gasteiger partial charge is 0.277 e. The van der Waals surface area contributed by atoms with Crippen molar-refractivity contribution in [2.75, 3.05) is 0 Å². The molecule has 0 spiro atoms. The van der Waals surface area contributed by atoms with Gasteiger partial charge in [0.1, 0.15) is 11.5 Å². The second-order valence-electron chi connectivity index (χ2n) is 7.65. The Bertz CT molecular complexity index is 1280. The molecule has 0 saturated carbocycles. The van der Waals surface area contributed by atoms with E-state index in [-0.39, 0.29) is 11.4 Å². The third-order valence-electron chi connectivity index (χ3n) is 5.27. The first-order chi connectivity index (χ1) is 15.8. The van der Waals surface area contributed by atoms with Gasteiger partial charge >= 0.3 is 0 Å². The number of aryl methyl sites for hydroxylation is 2. The number of nitro groups is 2. The van der Waals surface area contributed by atoms with E-state index in [1.807, 2.05) is 12.1 Å². The third-order valence-corrected chi connectivity index (χ3v) is 5.27. The highest BCUT2D eigenvalue weighted by Crippen LogP contribution is 2.42. The molecule has 0 saturated heterocycles. The SMILES string of the molecule is Cc1ccc(-c2ccccc2Oc2ccccc2-c2ccc(C)cc2[N+](=O)[O-])c([N+](=O)[O-])c1. The van der Waals surface area contributed by atoms with Crippen molar-refractivity contribution in [3.8, 4) is 33.8 Å². The van der Waals surface area contributed by atoms with Crippen molar-refractivity contribution in [1.29, 1.82) is 0 Å². The summed E-state index contributed by atoms with van der Waals surface area (Å²) in [7, 11) is 0. The van der Waals surface area contributed by atoms with Crippen molar-refractivity contribution in [3.05, 3.63) is 116 Å². The number of hydrogen-bond donors (Lipinski definition) is 0. The molecule has 0 radical (unpaired) electrons. The average molecular weight is 440 g/mol. The summed E-state index contributed by atoms with van der Waals surface area (Å²) in [5, 5.41) is 23.4. The lowest BCUT2D eigenvalue weighted by Gasteiger charge is -2.15. The zero-order valence-electron chi connectivity index (χ0n) is 18.0. The Hall–Kier alpha value is -4.52. The first-order valence-electron chi connectivity index (χ1n) is 10.2. The summed E-state index contributed by atoms with van der Waals surface area (Å²) >= 11 is 0. The van der Waals surface area contributed by atoms with Crippen molar-refractivity contribution in [2.45, 2.75) is 13.8 Å². The highest BCUT2D eigenvalue weighted by atomic mass is 16.6. The average Bonchev–Trinajstić information content (AvgIpc) is 2.80. The van der Waals surface area contributed by atoms with Crippen molar-refractivity contribution < 1.29 is 14.6 Å². The molecule has 7 heteroatoms. The molecule has 0 atom stereocenters. The van der Waals surface area contributed by atoms with Crippen LogP contribution in [-0.2, 0) is 0 Å².